The monoisotopic (exact) mass is 356 g/mol. The van der Waals surface area contributed by atoms with Gasteiger partial charge in [-0.1, -0.05) is 0 Å². The van der Waals surface area contributed by atoms with Gasteiger partial charge in [-0.15, -0.1) is 0 Å². The van der Waals surface area contributed by atoms with Crippen LogP contribution < -0.4 is 15.4 Å². The van der Waals surface area contributed by atoms with Crippen LogP contribution in [0.1, 0.15) is 13.8 Å². The molecule has 0 aliphatic heterocycles. The summed E-state index contributed by atoms with van der Waals surface area (Å²) in [6, 6.07) is 12.7. The number of hydrogen-bond donors (Lipinski definition) is 2. The fourth-order valence-corrected chi connectivity index (χ4v) is 2.25. The highest BCUT2D eigenvalue weighted by molar-refractivity contribution is 5.63. The van der Waals surface area contributed by atoms with E-state index in [-0.39, 0.29) is 6.10 Å². The van der Waals surface area contributed by atoms with Crippen LogP contribution in [0.2, 0.25) is 0 Å². The molecule has 0 amide bonds. The van der Waals surface area contributed by atoms with Crippen molar-refractivity contribution in [2.75, 3.05) is 10.6 Å². The fourth-order valence-electron chi connectivity index (χ4n) is 2.25. The topological polar surface area (TPSA) is 59.1 Å². The summed E-state index contributed by atoms with van der Waals surface area (Å²) in [5.41, 5.74) is 1.22. The van der Waals surface area contributed by atoms with Gasteiger partial charge < -0.3 is 15.4 Å². The molecule has 0 aliphatic rings. The Morgan fingerprint density at radius 1 is 0.808 bits per heavy atom. The number of hydrogen-bond acceptors (Lipinski definition) is 5. The number of nitrogens with zero attached hydrogens (tertiary/aromatic N) is 2. The Bertz CT molecular complexity index is 885. The van der Waals surface area contributed by atoms with Gasteiger partial charge in [-0.05, 0) is 50.2 Å². The van der Waals surface area contributed by atoms with Gasteiger partial charge in [0.1, 0.15) is 23.7 Å². The van der Waals surface area contributed by atoms with Crippen LogP contribution in [0, 0.1) is 11.6 Å². The van der Waals surface area contributed by atoms with Crippen molar-refractivity contribution in [3.8, 4) is 5.75 Å². The van der Waals surface area contributed by atoms with E-state index < -0.39 is 11.6 Å². The molecule has 0 radical (unpaired) electrons. The maximum atomic E-state index is 13.3. The molecule has 0 spiro atoms. The number of nitrogens with one attached hydrogen (secondary N) is 2. The van der Waals surface area contributed by atoms with Crippen molar-refractivity contribution in [1.82, 2.24) is 9.97 Å². The van der Waals surface area contributed by atoms with Crippen molar-refractivity contribution in [1.29, 1.82) is 0 Å². The molecule has 0 saturated heterocycles. The van der Waals surface area contributed by atoms with Gasteiger partial charge in [0.15, 0.2) is 11.6 Å². The Kier molecular flexibility index (Phi) is 5.26. The second kappa shape index (κ2) is 7.77. The van der Waals surface area contributed by atoms with Crippen LogP contribution in [0.3, 0.4) is 0 Å². The van der Waals surface area contributed by atoms with E-state index in [1.807, 2.05) is 38.1 Å². The first-order chi connectivity index (χ1) is 12.5. The van der Waals surface area contributed by atoms with E-state index in [1.54, 1.807) is 6.07 Å². The van der Waals surface area contributed by atoms with Crippen molar-refractivity contribution in [3.63, 3.8) is 0 Å². The molecule has 5 nitrogen and oxygen atoms in total. The maximum absolute atomic E-state index is 13.3. The third kappa shape index (κ3) is 4.66. The highest BCUT2D eigenvalue weighted by atomic mass is 19.2. The van der Waals surface area contributed by atoms with E-state index >= 15 is 0 Å². The lowest BCUT2D eigenvalue weighted by Gasteiger charge is -2.11. The SMILES string of the molecule is CC(C)Oc1ccc(Nc2cc(Nc3ccc(F)c(F)c3)ncn2)cc1. The van der Waals surface area contributed by atoms with Gasteiger partial charge in [0, 0.05) is 23.5 Å². The van der Waals surface area contributed by atoms with Crippen molar-refractivity contribution < 1.29 is 13.5 Å². The molecule has 0 bridgehead atoms. The Hall–Kier alpha value is -3.22. The highest BCUT2D eigenvalue weighted by Gasteiger charge is 2.05. The van der Waals surface area contributed by atoms with Crippen LogP contribution in [0.4, 0.5) is 31.8 Å². The molecule has 2 aromatic carbocycles. The first kappa shape index (κ1) is 17.6. The molecule has 7 heteroatoms. The Balaban J connectivity index is 1.69. The smallest absolute Gasteiger partial charge is 0.160 e. The lowest BCUT2D eigenvalue weighted by molar-refractivity contribution is 0.242. The minimum absolute atomic E-state index is 0.112. The molecular weight excluding hydrogens is 338 g/mol. The van der Waals surface area contributed by atoms with E-state index in [4.69, 9.17) is 4.74 Å². The zero-order valence-corrected chi connectivity index (χ0v) is 14.3. The van der Waals surface area contributed by atoms with E-state index in [9.17, 15) is 8.78 Å². The average molecular weight is 356 g/mol. The van der Waals surface area contributed by atoms with Gasteiger partial charge in [0.25, 0.3) is 0 Å². The minimum Gasteiger partial charge on any atom is -0.491 e. The molecule has 0 unspecified atom stereocenters. The average Bonchev–Trinajstić information content (AvgIpc) is 2.60. The summed E-state index contributed by atoms with van der Waals surface area (Å²) in [5.74, 6) is -0.0265. The summed E-state index contributed by atoms with van der Waals surface area (Å²) in [6.45, 7) is 3.93. The normalized spacial score (nSPS) is 10.7. The Morgan fingerprint density at radius 2 is 1.42 bits per heavy atom. The first-order valence-electron chi connectivity index (χ1n) is 8.07. The number of ether oxygens (including phenoxy) is 1. The van der Waals surface area contributed by atoms with Crippen molar-refractivity contribution >= 4 is 23.0 Å². The third-order valence-corrected chi connectivity index (χ3v) is 3.36. The fraction of sp³-hybridized carbons (Fsp3) is 0.158. The summed E-state index contributed by atoms with van der Waals surface area (Å²) in [7, 11) is 0. The molecule has 0 fully saturated rings. The molecule has 3 rings (SSSR count). The van der Waals surface area contributed by atoms with Crippen LogP contribution in [0.15, 0.2) is 54.9 Å². The van der Waals surface area contributed by atoms with Crippen LogP contribution >= 0.6 is 0 Å². The van der Waals surface area contributed by atoms with E-state index in [0.29, 0.717) is 17.3 Å². The van der Waals surface area contributed by atoms with Crippen molar-refractivity contribution in [3.05, 3.63) is 66.5 Å². The molecule has 1 heterocycles. The summed E-state index contributed by atoms with van der Waals surface area (Å²) in [5, 5.41) is 6.06. The Labute approximate surface area is 150 Å². The second-order valence-electron chi connectivity index (χ2n) is 5.86. The van der Waals surface area contributed by atoms with Crippen LogP contribution in [-0.2, 0) is 0 Å². The van der Waals surface area contributed by atoms with Crippen LogP contribution in [0.5, 0.6) is 5.75 Å². The molecule has 0 aliphatic carbocycles. The van der Waals surface area contributed by atoms with E-state index in [2.05, 4.69) is 20.6 Å². The molecule has 1 aromatic heterocycles. The van der Waals surface area contributed by atoms with Crippen LogP contribution in [0.25, 0.3) is 0 Å². The summed E-state index contributed by atoms with van der Waals surface area (Å²) >= 11 is 0. The predicted molar refractivity (Wildman–Crippen MR) is 97.2 cm³/mol. The first-order valence-corrected chi connectivity index (χ1v) is 8.07. The summed E-state index contributed by atoms with van der Waals surface area (Å²) in [4.78, 5) is 8.23. The second-order valence-corrected chi connectivity index (χ2v) is 5.86. The molecule has 3 aromatic rings. The minimum atomic E-state index is -0.925. The standard InChI is InChI=1S/C19H18F2N4O/c1-12(2)26-15-6-3-13(4-7-15)24-18-10-19(23-11-22-18)25-14-5-8-16(20)17(21)9-14/h3-12H,1-2H3,(H2,22,23,24,25). The number of aromatic nitrogens is 2. The highest BCUT2D eigenvalue weighted by Crippen LogP contribution is 2.22. The molecule has 134 valence electrons. The molecule has 2 N–H and O–H groups in total. The van der Waals surface area contributed by atoms with Gasteiger partial charge in [-0.3, -0.25) is 0 Å². The van der Waals surface area contributed by atoms with E-state index in [0.717, 1.165) is 23.6 Å². The lowest BCUT2D eigenvalue weighted by Crippen LogP contribution is -2.05. The maximum Gasteiger partial charge on any atom is 0.160 e. The predicted octanol–water partition coefficient (Wildman–Crippen LogP) is 5.03. The zero-order valence-electron chi connectivity index (χ0n) is 14.3. The number of rotatable bonds is 6. The number of halogens is 2. The van der Waals surface area contributed by atoms with Crippen molar-refractivity contribution in [2.24, 2.45) is 0 Å². The van der Waals surface area contributed by atoms with Gasteiger partial charge >= 0.3 is 0 Å². The molecule has 0 atom stereocenters. The zero-order chi connectivity index (χ0) is 18.5. The third-order valence-electron chi connectivity index (χ3n) is 3.36. The van der Waals surface area contributed by atoms with Gasteiger partial charge in [-0.2, -0.15) is 0 Å². The van der Waals surface area contributed by atoms with Crippen LogP contribution in [-0.4, -0.2) is 16.1 Å². The van der Waals surface area contributed by atoms with Gasteiger partial charge in [0.2, 0.25) is 0 Å². The summed E-state index contributed by atoms with van der Waals surface area (Å²) < 4.78 is 31.9. The molecule has 26 heavy (non-hydrogen) atoms. The number of benzene rings is 2. The van der Waals surface area contributed by atoms with E-state index in [1.165, 1.54) is 12.4 Å². The summed E-state index contributed by atoms with van der Waals surface area (Å²) in [6.07, 6.45) is 1.49. The largest absolute Gasteiger partial charge is 0.491 e. The van der Waals surface area contributed by atoms with Gasteiger partial charge in [0.05, 0.1) is 6.10 Å². The van der Waals surface area contributed by atoms with Gasteiger partial charge in [-0.25, -0.2) is 18.7 Å². The van der Waals surface area contributed by atoms with Crippen molar-refractivity contribution in [2.45, 2.75) is 20.0 Å². The number of anilines is 4. The molecule has 0 saturated carbocycles. The molecular formula is C19H18F2N4O. The lowest BCUT2D eigenvalue weighted by atomic mass is 10.3. The quantitative estimate of drug-likeness (QED) is 0.649. The Morgan fingerprint density at radius 3 is 2.04 bits per heavy atom.